The van der Waals surface area contributed by atoms with Crippen LogP contribution >= 0.6 is 0 Å². The monoisotopic (exact) mass is 651 g/mol. The maximum atomic E-state index is 9.52. The van der Waals surface area contributed by atoms with Crippen LogP contribution in [0.25, 0.3) is 76.5 Å². The molecule has 0 amide bonds. The molecule has 0 unspecified atom stereocenters. The lowest BCUT2D eigenvalue weighted by molar-refractivity contribution is 0.673. The van der Waals surface area contributed by atoms with Gasteiger partial charge in [-0.1, -0.05) is 145 Å². The van der Waals surface area contributed by atoms with Crippen LogP contribution in [0, 0.1) is 0 Å². The standard InChI is InChI=1S/C48H31NO/c1-3-12-32(13-4-1)33-26-28-38(29-27-33)49(37-15-5-2-6-16-37)45-31-44-47-40(20-11-21-46(47)50-48(44)42-19-10-9-18-41(42)45)36-25-24-35-23-22-34-14-7-8-17-39(34)43(35)30-36/h1-31H/i1D,2D,3D,4D,5D,6D,12D,13D,15D,16D,26D,27D,28D,29D. The van der Waals surface area contributed by atoms with Gasteiger partial charge in [0.05, 0.1) is 24.9 Å². The summed E-state index contributed by atoms with van der Waals surface area (Å²) >= 11 is 0. The second-order valence-corrected chi connectivity index (χ2v) is 11.9. The van der Waals surface area contributed by atoms with Gasteiger partial charge >= 0.3 is 0 Å². The second kappa shape index (κ2) is 11.5. The van der Waals surface area contributed by atoms with Gasteiger partial charge in [-0.3, -0.25) is 0 Å². The Morgan fingerprint density at radius 3 is 1.88 bits per heavy atom. The van der Waals surface area contributed by atoms with Crippen molar-refractivity contribution in [2.75, 3.05) is 4.90 Å². The van der Waals surface area contributed by atoms with Crippen LogP contribution in [0.5, 0.6) is 0 Å². The molecule has 0 aliphatic rings. The molecule has 0 spiro atoms. The van der Waals surface area contributed by atoms with E-state index in [2.05, 4.69) is 36.4 Å². The summed E-state index contributed by atoms with van der Waals surface area (Å²) in [6.45, 7) is 0. The average Bonchev–Trinajstić information content (AvgIpc) is 3.70. The first-order chi connectivity index (χ1) is 30.6. The quantitative estimate of drug-likeness (QED) is 0.172. The van der Waals surface area contributed by atoms with E-state index in [0.29, 0.717) is 32.7 Å². The normalized spacial score (nSPS) is 15.5. The summed E-state index contributed by atoms with van der Waals surface area (Å²) in [7, 11) is 0. The SMILES string of the molecule is [2H]c1c([2H])c([2H])c(-c2c([2H])c([2H])c(N(c3c([2H])c([2H])c([2H])c([2H])c3[2H])c3cc4c(oc5cccc(-c6ccc7ccc8ccccc8c7c6)c54)c4ccccc34)c([2H])c2[2H])c([2H])c1[2H]. The van der Waals surface area contributed by atoms with Crippen molar-refractivity contribution in [3.05, 3.63) is 188 Å². The third-order valence-electron chi connectivity index (χ3n) is 9.08. The van der Waals surface area contributed by atoms with Crippen molar-refractivity contribution in [1.82, 2.24) is 0 Å². The molecule has 0 fully saturated rings. The molecule has 10 aromatic rings. The van der Waals surface area contributed by atoms with Crippen LogP contribution in [-0.2, 0) is 0 Å². The van der Waals surface area contributed by atoms with Crippen LogP contribution in [0.1, 0.15) is 19.2 Å². The Balaban J connectivity index is 1.33. The minimum Gasteiger partial charge on any atom is -0.455 e. The van der Waals surface area contributed by atoms with Crippen LogP contribution in [0.4, 0.5) is 17.1 Å². The number of furan rings is 1. The molecule has 234 valence electrons. The summed E-state index contributed by atoms with van der Waals surface area (Å²) in [5.74, 6) is 0. The van der Waals surface area contributed by atoms with Gasteiger partial charge in [-0.25, -0.2) is 0 Å². The highest BCUT2D eigenvalue weighted by atomic mass is 16.3. The van der Waals surface area contributed by atoms with Crippen molar-refractivity contribution in [3.8, 4) is 22.3 Å². The molecule has 0 aliphatic heterocycles. The highest BCUT2D eigenvalue weighted by Crippen LogP contribution is 2.46. The topological polar surface area (TPSA) is 16.4 Å². The maximum absolute atomic E-state index is 9.52. The lowest BCUT2D eigenvalue weighted by Crippen LogP contribution is -2.10. The Hall–Kier alpha value is -6.64. The fourth-order valence-corrected chi connectivity index (χ4v) is 6.85. The zero-order valence-corrected chi connectivity index (χ0v) is 26.2. The molecule has 0 saturated heterocycles. The van der Waals surface area contributed by atoms with Crippen LogP contribution in [0.3, 0.4) is 0 Å². The van der Waals surface area contributed by atoms with E-state index in [1.807, 2.05) is 36.4 Å². The third-order valence-corrected chi connectivity index (χ3v) is 9.08. The smallest absolute Gasteiger partial charge is 0.143 e. The van der Waals surface area contributed by atoms with Crippen LogP contribution in [0.15, 0.2) is 192 Å². The number of hydrogen-bond acceptors (Lipinski definition) is 2. The number of nitrogens with zero attached hydrogens (tertiary/aromatic N) is 1. The number of anilines is 3. The van der Waals surface area contributed by atoms with Crippen molar-refractivity contribution >= 4 is 71.3 Å². The van der Waals surface area contributed by atoms with E-state index in [4.69, 9.17) is 15.4 Å². The van der Waals surface area contributed by atoms with Gasteiger partial charge in [-0.15, -0.1) is 0 Å². The Morgan fingerprint density at radius 2 is 1.08 bits per heavy atom. The zero-order valence-electron chi connectivity index (χ0n) is 40.2. The Kier molecular flexibility index (Phi) is 4.07. The van der Waals surface area contributed by atoms with E-state index in [1.54, 1.807) is 30.3 Å². The predicted octanol–water partition coefficient (Wildman–Crippen LogP) is 13.8. The highest BCUT2D eigenvalue weighted by molar-refractivity contribution is 6.23. The van der Waals surface area contributed by atoms with Gasteiger partial charge in [0, 0.05) is 32.9 Å². The Morgan fingerprint density at radius 1 is 0.440 bits per heavy atom. The van der Waals surface area contributed by atoms with Crippen molar-refractivity contribution < 1.29 is 23.6 Å². The lowest BCUT2D eigenvalue weighted by atomic mass is 9.94. The molecule has 2 heteroatoms. The minimum absolute atomic E-state index is 0.125. The molecule has 0 N–H and O–H groups in total. The zero-order chi connectivity index (χ0) is 45.2. The van der Waals surface area contributed by atoms with Gasteiger partial charge in [-0.05, 0) is 86.2 Å². The fraction of sp³-hybridized carbons (Fsp3) is 0. The van der Waals surface area contributed by atoms with Crippen LogP contribution in [-0.4, -0.2) is 0 Å². The second-order valence-electron chi connectivity index (χ2n) is 11.9. The average molecular weight is 652 g/mol. The molecular formula is C48H31NO. The van der Waals surface area contributed by atoms with Gasteiger partial charge in [0.25, 0.3) is 0 Å². The van der Waals surface area contributed by atoms with Crippen LogP contribution in [0.2, 0.25) is 0 Å². The fourth-order valence-electron chi connectivity index (χ4n) is 6.85. The largest absolute Gasteiger partial charge is 0.455 e. The number of hydrogen-bond donors (Lipinski definition) is 0. The molecule has 9 aromatic carbocycles. The van der Waals surface area contributed by atoms with E-state index in [0.717, 1.165) is 37.6 Å². The molecule has 10 rings (SSSR count). The van der Waals surface area contributed by atoms with E-state index < -0.39 is 107 Å². The maximum Gasteiger partial charge on any atom is 0.143 e. The minimum atomic E-state index is -0.780. The third kappa shape index (κ3) is 4.57. The van der Waals surface area contributed by atoms with Gasteiger partial charge in [-0.2, -0.15) is 0 Å². The molecule has 0 radical (unpaired) electrons. The van der Waals surface area contributed by atoms with Gasteiger partial charge in [0.1, 0.15) is 11.2 Å². The molecule has 0 bridgehead atoms. The molecule has 2 nitrogen and oxygen atoms in total. The summed E-state index contributed by atoms with van der Waals surface area (Å²) in [4.78, 5) is 1.14. The van der Waals surface area contributed by atoms with Crippen molar-refractivity contribution in [1.29, 1.82) is 0 Å². The molecule has 0 atom stereocenters. The molecule has 0 aliphatic carbocycles. The van der Waals surface area contributed by atoms with Gasteiger partial charge in [0.2, 0.25) is 0 Å². The summed E-state index contributed by atoms with van der Waals surface area (Å²) in [6.07, 6.45) is 0. The van der Waals surface area contributed by atoms with Crippen molar-refractivity contribution in [3.63, 3.8) is 0 Å². The molecule has 1 heterocycles. The summed E-state index contributed by atoms with van der Waals surface area (Å²) in [5, 5.41) is 6.41. The van der Waals surface area contributed by atoms with Gasteiger partial charge in [0.15, 0.2) is 0 Å². The first-order valence-electron chi connectivity index (χ1n) is 23.0. The Bertz CT molecular complexity index is 3610. The van der Waals surface area contributed by atoms with Crippen molar-refractivity contribution in [2.45, 2.75) is 0 Å². The summed E-state index contributed by atoms with van der Waals surface area (Å²) in [6, 6.07) is 22.6. The number of rotatable bonds is 5. The number of para-hydroxylation sites is 1. The van der Waals surface area contributed by atoms with E-state index in [-0.39, 0.29) is 5.69 Å². The van der Waals surface area contributed by atoms with Crippen LogP contribution < -0.4 is 4.90 Å². The van der Waals surface area contributed by atoms with E-state index in [1.165, 1.54) is 0 Å². The predicted molar refractivity (Wildman–Crippen MR) is 212 cm³/mol. The molecule has 50 heavy (non-hydrogen) atoms. The van der Waals surface area contributed by atoms with Gasteiger partial charge < -0.3 is 9.32 Å². The molecule has 0 saturated carbocycles. The van der Waals surface area contributed by atoms with Crippen molar-refractivity contribution in [2.24, 2.45) is 0 Å². The first kappa shape index (κ1) is 17.7. The molecule has 1 aromatic heterocycles. The summed E-state index contributed by atoms with van der Waals surface area (Å²) in [5.41, 5.74) is 0.691. The number of benzene rings is 9. The molecular weight excluding hydrogens is 607 g/mol. The first-order valence-corrected chi connectivity index (χ1v) is 16.0. The lowest BCUT2D eigenvalue weighted by Gasteiger charge is -2.27. The number of fused-ring (bicyclic) bond motifs is 8. The highest BCUT2D eigenvalue weighted by Gasteiger charge is 2.22. The Labute approximate surface area is 309 Å². The summed E-state index contributed by atoms with van der Waals surface area (Å²) < 4.78 is 130. The van der Waals surface area contributed by atoms with E-state index >= 15 is 0 Å². The van der Waals surface area contributed by atoms with E-state index in [9.17, 15) is 8.22 Å².